The largest absolute Gasteiger partial charge is 0.301 e. The molecule has 0 amide bonds. The molecule has 1 aromatic heterocycles. The Kier molecular flexibility index (Phi) is 5.01. The van der Waals surface area contributed by atoms with Gasteiger partial charge < -0.3 is 4.90 Å². The first-order valence-electron chi connectivity index (χ1n) is 6.76. The van der Waals surface area contributed by atoms with Crippen molar-refractivity contribution in [2.45, 2.75) is 43.7 Å². The molecule has 112 valence electrons. The smallest absolute Gasteiger partial charge is 0.242 e. The van der Waals surface area contributed by atoms with Gasteiger partial charge >= 0.3 is 0 Å². The molecular formula is C13H20ClN3O2S. The van der Waals surface area contributed by atoms with Crippen molar-refractivity contribution in [2.24, 2.45) is 0 Å². The van der Waals surface area contributed by atoms with Crippen LogP contribution in [0.3, 0.4) is 0 Å². The second kappa shape index (κ2) is 6.39. The van der Waals surface area contributed by atoms with E-state index in [-0.39, 0.29) is 16.1 Å². The van der Waals surface area contributed by atoms with Crippen LogP contribution in [0, 0.1) is 0 Å². The van der Waals surface area contributed by atoms with E-state index in [9.17, 15) is 8.42 Å². The third kappa shape index (κ3) is 3.91. The number of aromatic nitrogens is 1. The van der Waals surface area contributed by atoms with Crippen LogP contribution in [-0.4, -0.2) is 43.5 Å². The third-order valence-electron chi connectivity index (χ3n) is 3.59. The number of hydrogen-bond donors (Lipinski definition) is 1. The monoisotopic (exact) mass is 317 g/mol. The van der Waals surface area contributed by atoms with E-state index in [1.807, 2.05) is 0 Å². The highest BCUT2D eigenvalue weighted by atomic mass is 35.5. The van der Waals surface area contributed by atoms with E-state index >= 15 is 0 Å². The Morgan fingerprint density at radius 1 is 1.35 bits per heavy atom. The minimum Gasteiger partial charge on any atom is -0.301 e. The van der Waals surface area contributed by atoms with Crippen LogP contribution in [0.25, 0.3) is 0 Å². The van der Waals surface area contributed by atoms with Gasteiger partial charge in [-0.2, -0.15) is 0 Å². The Bertz CT molecular complexity index is 537. The van der Waals surface area contributed by atoms with Gasteiger partial charge in [-0.05, 0) is 51.9 Å². The summed E-state index contributed by atoms with van der Waals surface area (Å²) in [5.74, 6) is 0. The number of nitrogens with one attached hydrogen (secondary N) is 1. The van der Waals surface area contributed by atoms with Gasteiger partial charge in [-0.15, -0.1) is 0 Å². The number of halogens is 1. The van der Waals surface area contributed by atoms with Crippen molar-refractivity contribution in [3.63, 3.8) is 0 Å². The van der Waals surface area contributed by atoms with Gasteiger partial charge in [0.15, 0.2) is 0 Å². The molecule has 0 radical (unpaired) electrons. The summed E-state index contributed by atoms with van der Waals surface area (Å²) in [5.41, 5.74) is 0. The third-order valence-corrected chi connectivity index (χ3v) is 5.32. The fourth-order valence-corrected chi connectivity index (χ4v) is 3.70. The fourth-order valence-electron chi connectivity index (χ4n) is 2.34. The molecule has 7 heteroatoms. The molecule has 1 saturated heterocycles. The van der Waals surface area contributed by atoms with Crippen LogP contribution in [0.5, 0.6) is 0 Å². The average Bonchev–Trinajstić information content (AvgIpc) is 2.39. The van der Waals surface area contributed by atoms with Crippen molar-refractivity contribution in [1.29, 1.82) is 0 Å². The predicted molar refractivity (Wildman–Crippen MR) is 79.3 cm³/mol. The lowest BCUT2D eigenvalue weighted by molar-refractivity contribution is 0.168. The van der Waals surface area contributed by atoms with Crippen molar-refractivity contribution >= 4 is 21.6 Å². The average molecular weight is 318 g/mol. The molecule has 1 N–H and O–H groups in total. The molecule has 20 heavy (non-hydrogen) atoms. The number of piperidine rings is 1. The Morgan fingerprint density at radius 2 is 2.00 bits per heavy atom. The molecule has 0 aliphatic carbocycles. The van der Waals surface area contributed by atoms with Gasteiger partial charge in [-0.1, -0.05) is 11.6 Å². The molecule has 1 aliphatic rings. The Hall–Kier alpha value is -0.690. The van der Waals surface area contributed by atoms with Gasteiger partial charge in [-0.25, -0.2) is 18.1 Å². The Balaban J connectivity index is 1.98. The van der Waals surface area contributed by atoms with E-state index in [1.165, 1.54) is 18.3 Å². The predicted octanol–water partition coefficient (Wildman–Crippen LogP) is 1.89. The summed E-state index contributed by atoms with van der Waals surface area (Å²) in [6, 6.07) is 3.46. The summed E-state index contributed by atoms with van der Waals surface area (Å²) in [7, 11) is -3.50. The maximum absolute atomic E-state index is 12.2. The zero-order valence-corrected chi connectivity index (χ0v) is 13.3. The lowest BCUT2D eigenvalue weighted by Gasteiger charge is -2.34. The van der Waals surface area contributed by atoms with E-state index in [1.54, 1.807) is 0 Å². The Labute approximate surface area is 125 Å². The molecule has 0 spiro atoms. The highest BCUT2D eigenvalue weighted by molar-refractivity contribution is 7.89. The van der Waals surface area contributed by atoms with Crippen LogP contribution in [0.1, 0.15) is 26.7 Å². The normalized spacial score (nSPS) is 18.6. The van der Waals surface area contributed by atoms with Crippen LogP contribution < -0.4 is 4.72 Å². The summed E-state index contributed by atoms with van der Waals surface area (Å²) in [5, 5.41) is 0.286. The lowest BCUT2D eigenvalue weighted by Crippen LogP contribution is -2.46. The number of hydrogen-bond acceptors (Lipinski definition) is 4. The zero-order valence-electron chi connectivity index (χ0n) is 11.7. The molecule has 0 aromatic carbocycles. The van der Waals surface area contributed by atoms with E-state index < -0.39 is 10.0 Å². The molecule has 1 aliphatic heterocycles. The van der Waals surface area contributed by atoms with E-state index in [0.717, 1.165) is 25.9 Å². The minimum absolute atomic E-state index is 0.00863. The first kappa shape index (κ1) is 15.7. The SMILES string of the molecule is CC(C)N1CCC(NS(=O)(=O)c2ccc(Cl)nc2)CC1. The molecule has 2 rings (SSSR count). The second-order valence-electron chi connectivity index (χ2n) is 5.34. The first-order valence-corrected chi connectivity index (χ1v) is 8.62. The number of rotatable bonds is 4. The van der Waals surface area contributed by atoms with Gasteiger partial charge in [0.25, 0.3) is 0 Å². The molecule has 0 unspecified atom stereocenters. The summed E-state index contributed by atoms with van der Waals surface area (Å²) < 4.78 is 27.2. The van der Waals surface area contributed by atoms with Gasteiger partial charge in [0.1, 0.15) is 10.0 Å². The van der Waals surface area contributed by atoms with Gasteiger partial charge in [0, 0.05) is 18.3 Å². The maximum atomic E-state index is 12.2. The maximum Gasteiger partial charge on any atom is 0.242 e. The summed E-state index contributed by atoms with van der Waals surface area (Å²) in [4.78, 5) is 6.33. The van der Waals surface area contributed by atoms with Crippen molar-refractivity contribution in [3.8, 4) is 0 Å². The van der Waals surface area contributed by atoms with Gasteiger partial charge in [-0.3, -0.25) is 0 Å². The molecule has 5 nitrogen and oxygen atoms in total. The van der Waals surface area contributed by atoms with Crippen LogP contribution in [-0.2, 0) is 10.0 Å². The number of sulfonamides is 1. The molecular weight excluding hydrogens is 298 g/mol. The number of pyridine rings is 1. The Morgan fingerprint density at radius 3 is 2.50 bits per heavy atom. The summed E-state index contributed by atoms with van der Waals surface area (Å²) >= 11 is 5.67. The van der Waals surface area contributed by atoms with Crippen LogP contribution in [0.4, 0.5) is 0 Å². The summed E-state index contributed by atoms with van der Waals surface area (Å²) in [6.45, 7) is 6.15. The van der Waals surface area contributed by atoms with Crippen molar-refractivity contribution in [2.75, 3.05) is 13.1 Å². The lowest BCUT2D eigenvalue weighted by atomic mass is 10.1. The molecule has 0 atom stereocenters. The highest BCUT2D eigenvalue weighted by Gasteiger charge is 2.25. The minimum atomic E-state index is -3.50. The van der Waals surface area contributed by atoms with Crippen LogP contribution >= 0.6 is 11.6 Å². The molecule has 2 heterocycles. The van der Waals surface area contributed by atoms with Crippen molar-refractivity contribution in [1.82, 2.24) is 14.6 Å². The van der Waals surface area contributed by atoms with Crippen molar-refractivity contribution < 1.29 is 8.42 Å². The molecule has 1 aromatic rings. The molecule has 1 fully saturated rings. The summed E-state index contributed by atoms with van der Waals surface area (Å²) in [6.07, 6.45) is 2.95. The van der Waals surface area contributed by atoms with E-state index in [2.05, 4.69) is 28.5 Å². The van der Waals surface area contributed by atoms with Crippen LogP contribution in [0.15, 0.2) is 23.2 Å². The quantitative estimate of drug-likeness (QED) is 0.861. The van der Waals surface area contributed by atoms with Crippen LogP contribution in [0.2, 0.25) is 5.15 Å². The number of nitrogens with zero attached hydrogens (tertiary/aromatic N) is 2. The first-order chi connectivity index (χ1) is 9.38. The standard InChI is InChI=1S/C13H20ClN3O2S/c1-10(2)17-7-5-11(6-8-17)16-20(18,19)12-3-4-13(14)15-9-12/h3-4,9-11,16H,5-8H2,1-2H3. The zero-order chi connectivity index (χ0) is 14.8. The number of likely N-dealkylation sites (tertiary alicyclic amines) is 1. The fraction of sp³-hybridized carbons (Fsp3) is 0.615. The van der Waals surface area contributed by atoms with E-state index in [4.69, 9.17) is 11.6 Å². The molecule has 0 bridgehead atoms. The van der Waals surface area contributed by atoms with Crippen molar-refractivity contribution in [3.05, 3.63) is 23.5 Å². The van der Waals surface area contributed by atoms with Gasteiger partial charge in [0.05, 0.1) is 0 Å². The topological polar surface area (TPSA) is 62.3 Å². The second-order valence-corrected chi connectivity index (χ2v) is 7.44. The highest BCUT2D eigenvalue weighted by Crippen LogP contribution is 2.16. The van der Waals surface area contributed by atoms with Gasteiger partial charge in [0.2, 0.25) is 10.0 Å². The van der Waals surface area contributed by atoms with E-state index in [0.29, 0.717) is 6.04 Å². The molecule has 0 saturated carbocycles.